The zero-order chi connectivity index (χ0) is 23.9. The Morgan fingerprint density at radius 3 is 2.64 bits per heavy atom. The smallest absolute Gasteiger partial charge is 0.371 e. The van der Waals surface area contributed by atoms with Crippen LogP contribution in [0.1, 0.15) is 16.2 Å². The Balaban J connectivity index is 1.81. The van der Waals surface area contributed by atoms with Crippen LogP contribution in [0.25, 0.3) is 22.3 Å². The highest BCUT2D eigenvalue weighted by molar-refractivity contribution is 5.99. The first kappa shape index (κ1) is 22.0. The number of halogens is 3. The third-order valence-corrected chi connectivity index (χ3v) is 4.80. The van der Waals surface area contributed by atoms with Gasteiger partial charge in [0.05, 0.1) is 35.0 Å². The molecule has 0 saturated carbocycles. The summed E-state index contributed by atoms with van der Waals surface area (Å²) in [6, 6.07) is 0. The van der Waals surface area contributed by atoms with Crippen molar-refractivity contribution in [3.8, 4) is 11.3 Å². The van der Waals surface area contributed by atoms with Crippen LogP contribution in [-0.2, 0) is 13.6 Å². The van der Waals surface area contributed by atoms with Crippen LogP contribution in [-0.4, -0.2) is 53.4 Å². The van der Waals surface area contributed by atoms with Gasteiger partial charge in [0.1, 0.15) is 17.8 Å². The molecular weight excluding hydrogens is 441 g/mol. The largest absolute Gasteiger partial charge is 0.408 e. The highest BCUT2D eigenvalue weighted by Crippen LogP contribution is 2.32. The second kappa shape index (κ2) is 8.03. The molecule has 0 bridgehead atoms. The molecule has 4 heterocycles. The van der Waals surface area contributed by atoms with Crippen LogP contribution in [0.5, 0.6) is 0 Å². The molecule has 0 atom stereocenters. The van der Waals surface area contributed by atoms with Gasteiger partial charge in [-0.15, -0.1) is 0 Å². The van der Waals surface area contributed by atoms with Crippen molar-refractivity contribution in [1.29, 1.82) is 0 Å². The molecule has 4 aromatic rings. The summed E-state index contributed by atoms with van der Waals surface area (Å²) in [6.45, 7) is 0.263. The number of hydrogen-bond acceptors (Lipinski definition) is 8. The van der Waals surface area contributed by atoms with Crippen LogP contribution in [0.3, 0.4) is 0 Å². The third-order valence-electron chi connectivity index (χ3n) is 4.80. The normalized spacial score (nSPS) is 11.7. The molecule has 172 valence electrons. The van der Waals surface area contributed by atoms with Crippen LogP contribution in [0.15, 0.2) is 24.9 Å². The van der Waals surface area contributed by atoms with Gasteiger partial charge in [-0.2, -0.15) is 18.3 Å². The fourth-order valence-electron chi connectivity index (χ4n) is 3.31. The highest BCUT2D eigenvalue weighted by atomic mass is 19.4. The van der Waals surface area contributed by atoms with Crippen molar-refractivity contribution in [3.63, 3.8) is 0 Å². The predicted molar refractivity (Wildman–Crippen MR) is 114 cm³/mol. The summed E-state index contributed by atoms with van der Waals surface area (Å²) in [7, 11) is 3.43. The van der Waals surface area contributed by atoms with E-state index in [4.69, 9.17) is 5.73 Å². The molecule has 0 unspecified atom stereocenters. The van der Waals surface area contributed by atoms with Crippen LogP contribution >= 0.6 is 0 Å². The van der Waals surface area contributed by atoms with Crippen molar-refractivity contribution in [2.75, 3.05) is 17.7 Å². The van der Waals surface area contributed by atoms with Gasteiger partial charge in [0, 0.05) is 26.5 Å². The lowest BCUT2D eigenvalue weighted by molar-refractivity contribution is -0.142. The van der Waals surface area contributed by atoms with Crippen LogP contribution in [0, 0.1) is 6.92 Å². The number of imidazole rings is 1. The van der Waals surface area contributed by atoms with E-state index in [-0.39, 0.29) is 34.4 Å². The zero-order valence-corrected chi connectivity index (χ0v) is 17.8. The Morgan fingerprint density at radius 2 is 1.97 bits per heavy atom. The van der Waals surface area contributed by atoms with E-state index in [2.05, 4.69) is 35.7 Å². The summed E-state index contributed by atoms with van der Waals surface area (Å²) in [4.78, 5) is 29.6. The fraction of sp³-hybridized carbons (Fsp3) is 0.263. The van der Waals surface area contributed by atoms with Crippen molar-refractivity contribution in [2.24, 2.45) is 12.8 Å². The Bertz CT molecular complexity index is 1360. The molecule has 4 N–H and O–H groups in total. The number of hydrogen-bond donors (Lipinski definition) is 3. The van der Waals surface area contributed by atoms with Gasteiger partial charge in [-0.3, -0.25) is 14.5 Å². The number of amides is 1. The predicted octanol–water partition coefficient (Wildman–Crippen LogP) is 2.38. The molecule has 0 saturated heterocycles. The maximum Gasteiger partial charge on any atom is 0.408 e. The fourth-order valence-corrected chi connectivity index (χ4v) is 3.31. The summed E-state index contributed by atoms with van der Waals surface area (Å²) in [5.74, 6) is -0.635. The van der Waals surface area contributed by atoms with Crippen molar-refractivity contribution in [2.45, 2.75) is 19.6 Å². The minimum Gasteiger partial charge on any atom is -0.371 e. The van der Waals surface area contributed by atoms with Gasteiger partial charge >= 0.3 is 6.18 Å². The highest BCUT2D eigenvalue weighted by Gasteiger charge is 2.29. The van der Waals surface area contributed by atoms with Gasteiger partial charge < -0.3 is 20.9 Å². The number of fused-ring (bicyclic) bond motifs is 1. The molecule has 0 fully saturated rings. The number of alkyl halides is 3. The van der Waals surface area contributed by atoms with E-state index in [1.54, 1.807) is 30.3 Å². The van der Waals surface area contributed by atoms with Crippen molar-refractivity contribution in [1.82, 2.24) is 34.3 Å². The Labute approximate surface area is 184 Å². The molecule has 11 nitrogen and oxygen atoms in total. The average Bonchev–Trinajstić information content (AvgIpc) is 3.28. The Hall–Kier alpha value is -4.23. The number of aromatic nitrogens is 7. The number of carbonyl (C=O) groups excluding carboxylic acids is 1. The number of nitrogens with two attached hydrogens (primary N) is 1. The molecule has 0 aliphatic heterocycles. The minimum absolute atomic E-state index is 0.0357. The van der Waals surface area contributed by atoms with Crippen LogP contribution < -0.4 is 16.4 Å². The summed E-state index contributed by atoms with van der Waals surface area (Å²) < 4.78 is 40.7. The SMILES string of the molecule is CNc1nc(Nc2cn(CC(F)(F)F)nc2C)c(C(N)=O)nc1-c1cncc2c1ncn2C. The van der Waals surface area contributed by atoms with Gasteiger partial charge in [-0.1, -0.05) is 0 Å². The first-order valence-electron chi connectivity index (χ1n) is 9.60. The maximum absolute atomic E-state index is 12.7. The number of rotatable bonds is 6. The van der Waals surface area contributed by atoms with Crippen molar-refractivity contribution < 1.29 is 18.0 Å². The van der Waals surface area contributed by atoms with Crippen LogP contribution in [0.4, 0.5) is 30.5 Å². The number of anilines is 3. The molecule has 0 radical (unpaired) electrons. The van der Waals surface area contributed by atoms with E-state index in [9.17, 15) is 18.0 Å². The maximum atomic E-state index is 12.7. The van der Waals surface area contributed by atoms with Gasteiger partial charge in [-0.05, 0) is 6.92 Å². The quantitative estimate of drug-likeness (QED) is 0.398. The monoisotopic (exact) mass is 460 g/mol. The van der Waals surface area contributed by atoms with Gasteiger partial charge in [-0.25, -0.2) is 15.0 Å². The molecule has 1 amide bonds. The first-order chi connectivity index (χ1) is 15.6. The number of primary amides is 1. The minimum atomic E-state index is -4.44. The molecule has 4 aromatic heterocycles. The number of nitrogens with zero attached hydrogens (tertiary/aromatic N) is 7. The number of carbonyl (C=O) groups is 1. The van der Waals surface area contributed by atoms with E-state index >= 15 is 0 Å². The van der Waals surface area contributed by atoms with Crippen LogP contribution in [0.2, 0.25) is 0 Å². The van der Waals surface area contributed by atoms with Crippen molar-refractivity contribution >= 4 is 34.3 Å². The zero-order valence-electron chi connectivity index (χ0n) is 17.8. The van der Waals surface area contributed by atoms with Gasteiger partial charge in [0.15, 0.2) is 17.3 Å². The summed E-state index contributed by atoms with van der Waals surface area (Å²) in [5, 5.41) is 9.58. The second-order valence-electron chi connectivity index (χ2n) is 7.21. The molecular formula is C19H19F3N10O. The molecule has 0 aliphatic rings. The van der Waals surface area contributed by atoms with E-state index in [1.165, 1.54) is 13.1 Å². The van der Waals surface area contributed by atoms with Gasteiger partial charge in [0.2, 0.25) is 0 Å². The average molecular weight is 460 g/mol. The molecule has 0 aliphatic carbocycles. The second-order valence-corrected chi connectivity index (χ2v) is 7.21. The summed E-state index contributed by atoms with van der Waals surface area (Å²) in [5.41, 5.74) is 7.98. The lowest BCUT2D eigenvalue weighted by atomic mass is 10.1. The van der Waals surface area contributed by atoms with Gasteiger partial charge in [0.25, 0.3) is 5.91 Å². The number of pyridine rings is 1. The third kappa shape index (κ3) is 4.26. The lowest BCUT2D eigenvalue weighted by Gasteiger charge is -2.14. The molecule has 0 spiro atoms. The van der Waals surface area contributed by atoms with E-state index in [0.29, 0.717) is 11.1 Å². The summed E-state index contributed by atoms with van der Waals surface area (Å²) >= 11 is 0. The number of nitrogens with one attached hydrogen (secondary N) is 2. The van der Waals surface area contributed by atoms with E-state index < -0.39 is 18.6 Å². The molecule has 14 heteroatoms. The molecule has 4 rings (SSSR count). The molecule has 33 heavy (non-hydrogen) atoms. The van der Waals surface area contributed by atoms with E-state index in [0.717, 1.165) is 10.2 Å². The topological polar surface area (TPSA) is 141 Å². The van der Waals surface area contributed by atoms with Crippen molar-refractivity contribution in [3.05, 3.63) is 36.3 Å². The standard InChI is InChI=1S/C19H19F3N10O/c1-9-11(6-32(30-9)7-19(20,21)22)27-18-15(16(23)33)28-14(17(24-2)29-18)10-4-25-5-12-13(10)26-8-31(12)3/h4-6,8H,7H2,1-3H3,(H2,23,33)(H2,24,27,29). The number of aryl methyl sites for hydroxylation is 2. The Morgan fingerprint density at radius 1 is 1.21 bits per heavy atom. The lowest BCUT2D eigenvalue weighted by Crippen LogP contribution is -2.18. The molecule has 0 aromatic carbocycles. The Kier molecular flexibility index (Phi) is 5.35. The summed E-state index contributed by atoms with van der Waals surface area (Å²) in [6.07, 6.45) is 1.54. The van der Waals surface area contributed by atoms with E-state index in [1.807, 2.05) is 7.05 Å². The first-order valence-corrected chi connectivity index (χ1v) is 9.60.